The van der Waals surface area contributed by atoms with Gasteiger partial charge in [0.25, 0.3) is 0 Å². The van der Waals surface area contributed by atoms with E-state index in [1.165, 1.54) is 43.0 Å². The summed E-state index contributed by atoms with van der Waals surface area (Å²) in [5.41, 5.74) is 17.6. The van der Waals surface area contributed by atoms with Crippen LogP contribution in [0.15, 0.2) is 24.3 Å². The lowest BCUT2D eigenvalue weighted by atomic mass is 10.0. The highest BCUT2D eigenvalue weighted by molar-refractivity contribution is 5.99. The number of nitrogens with zero attached hydrogens (tertiary/aromatic N) is 3. The van der Waals surface area contributed by atoms with Gasteiger partial charge in [-0.2, -0.15) is 0 Å². The molecule has 0 aromatic heterocycles. The predicted octanol–water partition coefficient (Wildman–Crippen LogP) is -5.66. The van der Waals surface area contributed by atoms with Crippen LogP contribution in [-0.4, -0.2) is 211 Å². The zero-order valence-electron chi connectivity index (χ0n) is 40.7. The number of hydrogen-bond acceptors (Lipinski definition) is 17. The third-order valence-corrected chi connectivity index (χ3v) is 13.0. The van der Waals surface area contributed by atoms with Crippen molar-refractivity contribution in [1.29, 1.82) is 0 Å². The number of unbranched alkanes of at least 4 members (excludes halogenated alkanes) is 2. The largest absolute Gasteiger partial charge is 0.508 e. The maximum atomic E-state index is 14.6. The van der Waals surface area contributed by atoms with Gasteiger partial charge in [-0.1, -0.05) is 18.6 Å². The SMILES string of the molecule is C[C@H](NC(=O)[C@@H](NC(=O)[C@@H]1C[C@@H](O)CN1C(=O)[C@@H]1C[C@@H](O)CN1C(=O)[C@H](Cc1ccc(O)cc1)NC(=O)[C@H](CO)NC(=O)[C@@H]1CCCN1C(=O)[C@@H](N)CCCCN)[C@@H](C)O)C(=O)N[C@@H](CCCCN)C(=O)O. The minimum Gasteiger partial charge on any atom is -0.508 e. The molecule has 3 aliphatic rings. The van der Waals surface area contributed by atoms with Crippen LogP contribution in [-0.2, 0) is 49.6 Å². The molecule has 72 heavy (non-hydrogen) atoms. The van der Waals surface area contributed by atoms with Gasteiger partial charge in [0.2, 0.25) is 47.3 Å². The van der Waals surface area contributed by atoms with E-state index < -0.39 is 146 Å². The maximum absolute atomic E-state index is 14.6. The number of benzene rings is 1. The fraction of sp³-hybridized carbons (Fsp3) is 0.674. The number of hydrogen-bond donors (Lipinski definition) is 14. The fourth-order valence-corrected chi connectivity index (χ4v) is 9.01. The first kappa shape index (κ1) is 58.5. The minimum atomic E-state index is -1.72. The molecule has 0 bridgehead atoms. The Morgan fingerprint density at radius 2 is 1.26 bits per heavy atom. The van der Waals surface area contributed by atoms with E-state index in [1.54, 1.807) is 0 Å². The van der Waals surface area contributed by atoms with Crippen LogP contribution in [0.25, 0.3) is 0 Å². The van der Waals surface area contributed by atoms with Gasteiger partial charge in [-0.15, -0.1) is 0 Å². The summed E-state index contributed by atoms with van der Waals surface area (Å²) >= 11 is 0. The number of nitrogens with one attached hydrogen (secondary N) is 5. The topological polar surface area (TPSA) is 423 Å². The minimum absolute atomic E-state index is 0.0710. The molecular weight excluding hydrogens is 947 g/mol. The highest BCUT2D eigenvalue weighted by Gasteiger charge is 2.49. The van der Waals surface area contributed by atoms with Crippen LogP contribution in [0, 0.1) is 0 Å². The zero-order valence-corrected chi connectivity index (χ0v) is 40.7. The van der Waals surface area contributed by atoms with Crippen molar-refractivity contribution in [2.24, 2.45) is 17.2 Å². The number of rotatable bonds is 26. The van der Waals surface area contributed by atoms with Crippen molar-refractivity contribution >= 4 is 53.2 Å². The summed E-state index contributed by atoms with van der Waals surface area (Å²) in [5.74, 6) is -8.35. The molecular formula is C46H73N11O15. The predicted molar refractivity (Wildman–Crippen MR) is 254 cm³/mol. The second-order valence-corrected chi connectivity index (χ2v) is 18.7. The number of β-amino-alcohol motifs (C(OH)–C–C–N with tert-alkyl or cyclic N) is 2. The molecule has 1 aromatic rings. The van der Waals surface area contributed by atoms with Gasteiger partial charge in [-0.3, -0.25) is 38.4 Å². The Hall–Kier alpha value is -6.03. The highest BCUT2D eigenvalue weighted by atomic mass is 16.4. The molecule has 0 aliphatic carbocycles. The van der Waals surface area contributed by atoms with Gasteiger partial charge in [0.1, 0.15) is 54.1 Å². The van der Waals surface area contributed by atoms with Gasteiger partial charge >= 0.3 is 5.97 Å². The maximum Gasteiger partial charge on any atom is 0.326 e. The normalized spacial score (nSPS) is 22.7. The van der Waals surface area contributed by atoms with Crippen LogP contribution in [0.4, 0.5) is 0 Å². The first-order valence-electron chi connectivity index (χ1n) is 24.4. The molecule has 3 fully saturated rings. The first-order valence-corrected chi connectivity index (χ1v) is 24.4. The molecule has 26 nitrogen and oxygen atoms in total. The lowest BCUT2D eigenvalue weighted by Crippen LogP contribution is -2.61. The smallest absolute Gasteiger partial charge is 0.326 e. The third-order valence-electron chi connectivity index (χ3n) is 13.0. The average molecular weight is 1020 g/mol. The standard InChI is InChI=1S/C46H73N11O15/c1-24(38(63)51-31(46(71)72)9-4-6-16-48)50-42(67)37(25(2)59)54-41(66)35-19-28(61)21-56(35)45(70)36-20-29(62)22-57(36)44(69)32(18-26-11-13-27(60)14-12-26)52-39(64)33(23-58)53-40(65)34-10-7-17-55(34)43(68)30(49)8-3-5-15-47/h11-14,24-25,28-37,58-62H,3-10,15-23,47-49H2,1-2H3,(H,50,67)(H,51,63)(H,52,64)(H,53,65)(H,54,66)(H,71,72)/t24-,25+,28+,29+,30-,31-,32-,33-,34-,35-,36-,37-/m0/s1. The van der Waals surface area contributed by atoms with Crippen LogP contribution in [0.2, 0.25) is 0 Å². The summed E-state index contributed by atoms with van der Waals surface area (Å²) in [7, 11) is 0. The molecule has 26 heteroatoms. The van der Waals surface area contributed by atoms with Crippen LogP contribution >= 0.6 is 0 Å². The number of carbonyl (C=O) groups is 9. The lowest BCUT2D eigenvalue weighted by Gasteiger charge is -2.33. The molecule has 3 saturated heterocycles. The number of carboxylic acid groups (broad SMARTS) is 1. The van der Waals surface area contributed by atoms with Crippen molar-refractivity contribution in [2.75, 3.05) is 39.3 Å². The molecule has 0 spiro atoms. The molecule has 1 aromatic carbocycles. The zero-order chi connectivity index (χ0) is 53.4. The molecule has 17 N–H and O–H groups in total. The fourth-order valence-electron chi connectivity index (χ4n) is 9.01. The molecule has 0 unspecified atom stereocenters. The van der Waals surface area contributed by atoms with E-state index in [1.807, 2.05) is 0 Å². The number of carbonyl (C=O) groups excluding carboxylic acids is 8. The number of amides is 8. The quantitative estimate of drug-likeness (QED) is 0.0385. The molecule has 3 heterocycles. The molecule has 4 rings (SSSR count). The van der Waals surface area contributed by atoms with Crippen molar-refractivity contribution in [3.05, 3.63) is 29.8 Å². The third kappa shape index (κ3) is 16.0. The van der Waals surface area contributed by atoms with Crippen LogP contribution < -0.4 is 43.8 Å². The van der Waals surface area contributed by atoms with Crippen LogP contribution in [0.5, 0.6) is 5.75 Å². The molecule has 3 aliphatic heterocycles. The van der Waals surface area contributed by atoms with Crippen molar-refractivity contribution in [1.82, 2.24) is 41.3 Å². The molecule has 8 amide bonds. The average Bonchev–Trinajstić information content (AvgIpc) is 4.10. The Morgan fingerprint density at radius 1 is 0.681 bits per heavy atom. The Bertz CT molecular complexity index is 2070. The van der Waals surface area contributed by atoms with E-state index in [2.05, 4.69) is 26.6 Å². The van der Waals surface area contributed by atoms with Gasteiger partial charge in [0, 0.05) is 38.9 Å². The number of aliphatic carboxylic acids is 1. The number of aliphatic hydroxyl groups is 4. The van der Waals surface area contributed by atoms with E-state index in [0.717, 1.165) is 9.80 Å². The molecule has 0 radical (unpaired) electrons. The number of phenols is 1. The summed E-state index contributed by atoms with van der Waals surface area (Å²) in [6, 6.07) is -6.77. The van der Waals surface area contributed by atoms with Gasteiger partial charge < -0.3 is 89.1 Å². The second-order valence-electron chi connectivity index (χ2n) is 18.7. The van der Waals surface area contributed by atoms with Gasteiger partial charge in [0.15, 0.2) is 0 Å². The van der Waals surface area contributed by atoms with Gasteiger partial charge in [0.05, 0.1) is 31.0 Å². The summed E-state index contributed by atoms with van der Waals surface area (Å²) in [4.78, 5) is 125. The molecule has 12 atom stereocenters. The Balaban J connectivity index is 1.50. The number of aromatic hydroxyl groups is 1. The summed E-state index contributed by atoms with van der Waals surface area (Å²) in [6.45, 7) is 1.61. The van der Waals surface area contributed by atoms with Gasteiger partial charge in [-0.05, 0) is 89.6 Å². The van der Waals surface area contributed by atoms with E-state index in [4.69, 9.17) is 17.2 Å². The van der Waals surface area contributed by atoms with Crippen molar-refractivity contribution < 1.29 is 73.8 Å². The number of phenolic OH excluding ortho intramolecular Hbond substituents is 1. The Labute approximate surface area is 416 Å². The monoisotopic (exact) mass is 1020 g/mol. The van der Waals surface area contributed by atoms with Crippen molar-refractivity contribution in [2.45, 2.75) is 157 Å². The lowest BCUT2D eigenvalue weighted by molar-refractivity contribution is -0.148. The molecule has 0 saturated carbocycles. The van der Waals surface area contributed by atoms with Crippen molar-refractivity contribution in [3.8, 4) is 5.75 Å². The summed E-state index contributed by atoms with van der Waals surface area (Å²) in [6.07, 6.45) is -1.79. The number of carboxylic acids is 1. The first-order chi connectivity index (χ1) is 34.1. The molecule has 402 valence electrons. The van der Waals surface area contributed by atoms with E-state index >= 15 is 0 Å². The summed E-state index contributed by atoms with van der Waals surface area (Å²) < 4.78 is 0. The van der Waals surface area contributed by atoms with Crippen LogP contribution in [0.1, 0.15) is 83.6 Å². The van der Waals surface area contributed by atoms with E-state index in [0.29, 0.717) is 57.2 Å². The van der Waals surface area contributed by atoms with E-state index in [9.17, 15) is 73.8 Å². The van der Waals surface area contributed by atoms with Crippen LogP contribution in [0.3, 0.4) is 0 Å². The second kappa shape index (κ2) is 27.7. The van der Waals surface area contributed by atoms with E-state index in [-0.39, 0.29) is 44.4 Å². The van der Waals surface area contributed by atoms with Gasteiger partial charge in [-0.25, -0.2) is 4.79 Å². The van der Waals surface area contributed by atoms with Crippen molar-refractivity contribution in [3.63, 3.8) is 0 Å². The highest BCUT2D eigenvalue weighted by Crippen LogP contribution is 2.27. The number of likely N-dealkylation sites (tertiary alicyclic amines) is 3. The Kier molecular flexibility index (Phi) is 22.5. The summed E-state index contributed by atoms with van der Waals surface area (Å²) in [5, 5.41) is 74.1. The Morgan fingerprint density at radius 3 is 1.86 bits per heavy atom. The number of aliphatic hydroxyl groups excluding tert-OH is 4. The number of nitrogens with two attached hydrogens (primary N) is 3.